The molecular formula is C23H26N2O2. The minimum atomic E-state index is -0.490. The second-order valence-electron chi connectivity index (χ2n) is 7.50. The fourth-order valence-corrected chi connectivity index (χ4v) is 3.83. The number of aliphatic hydroxyl groups is 1. The molecule has 1 aliphatic heterocycles. The van der Waals surface area contributed by atoms with Crippen molar-refractivity contribution in [2.75, 3.05) is 6.61 Å². The van der Waals surface area contributed by atoms with Gasteiger partial charge in [-0.2, -0.15) is 0 Å². The molecule has 1 N–H and O–H groups in total. The fourth-order valence-electron chi connectivity index (χ4n) is 3.83. The monoisotopic (exact) mass is 362 g/mol. The van der Waals surface area contributed by atoms with Crippen LogP contribution < -0.4 is 0 Å². The lowest BCUT2D eigenvalue weighted by atomic mass is 9.95. The number of aryl methyl sites for hydroxylation is 2. The summed E-state index contributed by atoms with van der Waals surface area (Å²) >= 11 is 0. The van der Waals surface area contributed by atoms with Gasteiger partial charge in [0.1, 0.15) is 5.82 Å². The number of aliphatic hydroxyl groups excluding tert-OH is 1. The Morgan fingerprint density at radius 2 is 1.96 bits per heavy atom. The van der Waals surface area contributed by atoms with Crippen molar-refractivity contribution in [3.8, 4) is 0 Å². The average Bonchev–Trinajstić information content (AvgIpc) is 3.24. The second kappa shape index (κ2) is 7.67. The number of rotatable bonds is 5. The van der Waals surface area contributed by atoms with Crippen LogP contribution in [0.15, 0.2) is 54.6 Å². The van der Waals surface area contributed by atoms with Crippen LogP contribution in [0.2, 0.25) is 0 Å². The van der Waals surface area contributed by atoms with Crippen LogP contribution in [0.25, 0.3) is 17.2 Å². The minimum absolute atomic E-state index is 0.145. The maximum Gasteiger partial charge on any atom is 0.110 e. The van der Waals surface area contributed by atoms with Crippen LogP contribution in [-0.2, 0) is 4.74 Å². The van der Waals surface area contributed by atoms with E-state index in [0.717, 1.165) is 23.3 Å². The van der Waals surface area contributed by atoms with E-state index in [1.807, 2.05) is 48.0 Å². The predicted octanol–water partition coefficient (Wildman–Crippen LogP) is 4.65. The van der Waals surface area contributed by atoms with Crippen molar-refractivity contribution in [1.29, 1.82) is 0 Å². The molecule has 140 valence electrons. The Morgan fingerprint density at radius 1 is 1.19 bits per heavy atom. The average molecular weight is 362 g/mol. The van der Waals surface area contributed by atoms with Gasteiger partial charge in [0.2, 0.25) is 0 Å². The van der Waals surface area contributed by atoms with Gasteiger partial charge in [0.05, 0.1) is 29.8 Å². The van der Waals surface area contributed by atoms with Crippen LogP contribution in [0.1, 0.15) is 35.9 Å². The number of ether oxygens (including phenoxy) is 1. The summed E-state index contributed by atoms with van der Waals surface area (Å²) in [5.74, 6) is 1.29. The summed E-state index contributed by atoms with van der Waals surface area (Å²) in [6.45, 7) is 4.78. The number of nitrogens with zero attached hydrogens (tertiary/aromatic N) is 2. The topological polar surface area (TPSA) is 47.3 Å². The van der Waals surface area contributed by atoms with E-state index in [9.17, 15) is 5.11 Å². The minimum Gasteiger partial charge on any atom is -0.389 e. The molecule has 0 radical (unpaired) electrons. The molecule has 1 aliphatic rings. The summed E-state index contributed by atoms with van der Waals surface area (Å²) in [4.78, 5) is 4.55. The molecule has 27 heavy (non-hydrogen) atoms. The smallest absolute Gasteiger partial charge is 0.110 e. The molecule has 0 spiro atoms. The quantitative estimate of drug-likeness (QED) is 0.718. The fraction of sp³-hybridized carbons (Fsp3) is 0.348. The Morgan fingerprint density at radius 3 is 2.78 bits per heavy atom. The van der Waals surface area contributed by atoms with Gasteiger partial charge in [-0.05, 0) is 56.4 Å². The molecule has 2 heterocycles. The maximum absolute atomic E-state index is 10.5. The lowest BCUT2D eigenvalue weighted by molar-refractivity contribution is 0.102. The van der Waals surface area contributed by atoms with Crippen molar-refractivity contribution in [3.05, 3.63) is 71.6 Å². The molecule has 0 amide bonds. The molecule has 1 unspecified atom stereocenters. The van der Waals surface area contributed by atoms with E-state index < -0.39 is 6.10 Å². The Bertz CT molecular complexity index is 943. The van der Waals surface area contributed by atoms with Crippen LogP contribution >= 0.6 is 0 Å². The number of hydrogen-bond acceptors (Lipinski definition) is 3. The highest BCUT2D eigenvalue weighted by Gasteiger charge is 2.27. The van der Waals surface area contributed by atoms with E-state index in [2.05, 4.69) is 36.2 Å². The molecule has 0 aliphatic carbocycles. The third-order valence-corrected chi connectivity index (χ3v) is 5.33. The molecule has 0 saturated carbocycles. The number of imidazole rings is 1. The third kappa shape index (κ3) is 3.97. The first-order valence-corrected chi connectivity index (χ1v) is 9.58. The van der Waals surface area contributed by atoms with Gasteiger partial charge in [0, 0.05) is 6.20 Å². The maximum atomic E-state index is 10.5. The van der Waals surface area contributed by atoms with Gasteiger partial charge in [0.25, 0.3) is 0 Å². The number of para-hydroxylation sites is 2. The molecule has 3 aromatic rings. The molecule has 2 aromatic carbocycles. The highest BCUT2D eigenvalue weighted by atomic mass is 16.5. The standard InChI is InChI=1S/C23H26N2O2/c1-16-7-9-19(10-8-16)23-14-18(15-27-23)13-20(26)11-12-25-17(2)24-21-5-3-4-6-22(21)25/h3-12,18,20,23,26H,13-15H2,1-2H3/t18-,20?,23-/m1/s1. The SMILES string of the molecule is Cc1ccc([C@H]2C[C@@H](CC(O)C=Cn3c(C)nc4ccccc43)CO2)cc1. The lowest BCUT2D eigenvalue weighted by Gasteiger charge is -2.12. The van der Waals surface area contributed by atoms with Gasteiger partial charge in [-0.25, -0.2) is 4.98 Å². The van der Waals surface area contributed by atoms with Crippen molar-refractivity contribution < 1.29 is 9.84 Å². The van der Waals surface area contributed by atoms with Crippen LogP contribution in [0.3, 0.4) is 0 Å². The predicted molar refractivity (Wildman–Crippen MR) is 108 cm³/mol. The molecule has 1 aromatic heterocycles. The van der Waals surface area contributed by atoms with Crippen molar-refractivity contribution >= 4 is 17.2 Å². The molecule has 1 fully saturated rings. The van der Waals surface area contributed by atoms with Crippen LogP contribution in [0.4, 0.5) is 0 Å². The lowest BCUT2D eigenvalue weighted by Crippen LogP contribution is -2.11. The summed E-state index contributed by atoms with van der Waals surface area (Å²) in [6.07, 6.45) is 5.12. The van der Waals surface area contributed by atoms with Crippen LogP contribution in [-0.4, -0.2) is 27.4 Å². The number of hydrogen-bond donors (Lipinski definition) is 1. The van der Waals surface area contributed by atoms with E-state index in [4.69, 9.17) is 4.74 Å². The van der Waals surface area contributed by atoms with Gasteiger partial charge < -0.3 is 14.4 Å². The van der Waals surface area contributed by atoms with Gasteiger partial charge in [-0.1, -0.05) is 42.0 Å². The Balaban J connectivity index is 1.38. The molecule has 4 nitrogen and oxygen atoms in total. The molecule has 4 heteroatoms. The van der Waals surface area contributed by atoms with Crippen molar-refractivity contribution in [1.82, 2.24) is 9.55 Å². The Labute approximate surface area is 160 Å². The van der Waals surface area contributed by atoms with E-state index in [-0.39, 0.29) is 6.10 Å². The summed E-state index contributed by atoms with van der Waals surface area (Å²) in [5.41, 5.74) is 4.52. The summed E-state index contributed by atoms with van der Waals surface area (Å²) in [7, 11) is 0. The van der Waals surface area contributed by atoms with Gasteiger partial charge in [-0.3, -0.25) is 0 Å². The number of benzene rings is 2. The zero-order valence-corrected chi connectivity index (χ0v) is 15.9. The first-order chi connectivity index (χ1) is 13.1. The van der Waals surface area contributed by atoms with E-state index >= 15 is 0 Å². The number of fused-ring (bicyclic) bond motifs is 1. The molecule has 0 bridgehead atoms. The van der Waals surface area contributed by atoms with Gasteiger partial charge in [-0.15, -0.1) is 0 Å². The normalized spacial score (nSPS) is 21.3. The first-order valence-electron chi connectivity index (χ1n) is 9.58. The Hall–Kier alpha value is -2.43. The first kappa shape index (κ1) is 18.0. The molecule has 4 rings (SSSR count). The zero-order valence-electron chi connectivity index (χ0n) is 15.9. The molecule has 1 saturated heterocycles. The van der Waals surface area contributed by atoms with Gasteiger partial charge in [0.15, 0.2) is 0 Å². The van der Waals surface area contributed by atoms with Crippen LogP contribution in [0, 0.1) is 19.8 Å². The number of aromatic nitrogens is 2. The van der Waals surface area contributed by atoms with Crippen molar-refractivity contribution in [2.45, 2.75) is 38.9 Å². The third-order valence-electron chi connectivity index (χ3n) is 5.33. The largest absolute Gasteiger partial charge is 0.389 e. The Kier molecular flexibility index (Phi) is 5.10. The summed E-state index contributed by atoms with van der Waals surface area (Å²) < 4.78 is 8.00. The summed E-state index contributed by atoms with van der Waals surface area (Å²) in [5, 5.41) is 10.5. The van der Waals surface area contributed by atoms with Gasteiger partial charge >= 0.3 is 0 Å². The van der Waals surface area contributed by atoms with E-state index in [1.165, 1.54) is 11.1 Å². The second-order valence-corrected chi connectivity index (χ2v) is 7.50. The van der Waals surface area contributed by atoms with Crippen LogP contribution in [0.5, 0.6) is 0 Å². The summed E-state index contributed by atoms with van der Waals surface area (Å²) in [6, 6.07) is 16.6. The van der Waals surface area contributed by atoms with E-state index in [0.29, 0.717) is 18.9 Å². The van der Waals surface area contributed by atoms with E-state index in [1.54, 1.807) is 0 Å². The zero-order chi connectivity index (χ0) is 18.8. The van der Waals surface area contributed by atoms with Crippen molar-refractivity contribution in [2.24, 2.45) is 5.92 Å². The van der Waals surface area contributed by atoms with Crippen molar-refractivity contribution in [3.63, 3.8) is 0 Å². The highest BCUT2D eigenvalue weighted by Crippen LogP contribution is 2.34. The molecule has 3 atom stereocenters. The molecular weight excluding hydrogens is 336 g/mol. The highest BCUT2D eigenvalue weighted by molar-refractivity contribution is 5.78.